The van der Waals surface area contributed by atoms with Crippen molar-refractivity contribution in [1.29, 1.82) is 0 Å². The van der Waals surface area contributed by atoms with Gasteiger partial charge in [0.05, 0.1) is 6.20 Å². The predicted molar refractivity (Wildman–Crippen MR) is 115 cm³/mol. The van der Waals surface area contributed by atoms with Crippen molar-refractivity contribution in [2.45, 2.75) is 0 Å². The Morgan fingerprint density at radius 1 is 0.714 bits per heavy atom. The summed E-state index contributed by atoms with van der Waals surface area (Å²) in [6, 6.07) is 29.4. The third kappa shape index (κ3) is 3.79. The molecule has 1 aromatic heterocycles. The third-order valence-corrected chi connectivity index (χ3v) is 4.54. The van der Waals surface area contributed by atoms with E-state index in [2.05, 4.69) is 12.1 Å². The summed E-state index contributed by atoms with van der Waals surface area (Å²) in [5.41, 5.74) is 4.36. The topological polar surface area (TPSA) is 42.2 Å². The van der Waals surface area contributed by atoms with Crippen LogP contribution in [0.1, 0.15) is 11.3 Å². The lowest BCUT2D eigenvalue weighted by molar-refractivity contribution is 0.465. The molecule has 0 aliphatic carbocycles. The Hall–Kier alpha value is -3.85. The van der Waals surface area contributed by atoms with Gasteiger partial charge in [-0.05, 0) is 34.9 Å². The molecule has 1 heterocycles. The van der Waals surface area contributed by atoms with Gasteiger partial charge < -0.3 is 9.67 Å². The normalized spacial score (nSPS) is 11.0. The van der Waals surface area contributed by atoms with Crippen LogP contribution in [0.3, 0.4) is 0 Å². The van der Waals surface area contributed by atoms with Crippen LogP contribution in [0.15, 0.2) is 102 Å². The molecule has 0 unspecified atom stereocenters. The van der Waals surface area contributed by atoms with E-state index >= 15 is 0 Å². The molecule has 3 aromatic carbocycles. The van der Waals surface area contributed by atoms with E-state index < -0.39 is 5.43 Å². The van der Waals surface area contributed by atoms with E-state index in [1.54, 1.807) is 0 Å². The van der Waals surface area contributed by atoms with E-state index in [4.69, 9.17) is 0 Å². The number of aromatic hydroxyl groups is 1. The van der Waals surface area contributed by atoms with Crippen molar-refractivity contribution in [1.82, 2.24) is 4.57 Å². The number of hydrogen-bond acceptors (Lipinski definition) is 2. The average molecular weight is 365 g/mol. The fourth-order valence-corrected chi connectivity index (χ4v) is 3.10. The monoisotopic (exact) mass is 365 g/mol. The molecule has 1 N–H and O–H groups in total. The number of benzene rings is 3. The maximum atomic E-state index is 12.0. The molecule has 4 rings (SSSR count). The van der Waals surface area contributed by atoms with Crippen molar-refractivity contribution in [3.8, 4) is 22.6 Å². The Balaban J connectivity index is 1.80. The zero-order chi connectivity index (χ0) is 19.3. The molecule has 3 heteroatoms. The van der Waals surface area contributed by atoms with E-state index in [0.717, 1.165) is 22.4 Å². The van der Waals surface area contributed by atoms with Crippen molar-refractivity contribution >= 4 is 12.2 Å². The fraction of sp³-hybridized carbons (Fsp3) is 0. The Morgan fingerprint density at radius 2 is 1.39 bits per heavy atom. The zero-order valence-electron chi connectivity index (χ0n) is 15.2. The lowest BCUT2D eigenvalue weighted by atomic mass is 10.1. The van der Waals surface area contributed by atoms with E-state index in [0.29, 0.717) is 5.69 Å². The summed E-state index contributed by atoms with van der Waals surface area (Å²) in [6.45, 7) is 0. The molecule has 4 aromatic rings. The number of nitrogens with zero attached hydrogens (tertiary/aromatic N) is 1. The van der Waals surface area contributed by atoms with Crippen LogP contribution >= 0.6 is 0 Å². The van der Waals surface area contributed by atoms with Crippen LogP contribution in [-0.4, -0.2) is 9.67 Å². The van der Waals surface area contributed by atoms with Gasteiger partial charge >= 0.3 is 0 Å². The molecule has 0 fully saturated rings. The van der Waals surface area contributed by atoms with E-state index in [1.807, 2.05) is 89.5 Å². The smallest absolute Gasteiger partial charge is 0.223 e. The summed E-state index contributed by atoms with van der Waals surface area (Å²) in [5, 5.41) is 10.0. The number of pyridine rings is 1. The maximum Gasteiger partial charge on any atom is 0.223 e. The van der Waals surface area contributed by atoms with E-state index in [-0.39, 0.29) is 5.75 Å². The van der Waals surface area contributed by atoms with Gasteiger partial charge in [0.2, 0.25) is 5.43 Å². The molecule has 0 atom stereocenters. The van der Waals surface area contributed by atoms with Crippen LogP contribution in [0, 0.1) is 0 Å². The van der Waals surface area contributed by atoms with Crippen LogP contribution in [0.2, 0.25) is 0 Å². The van der Waals surface area contributed by atoms with Crippen LogP contribution in [0.4, 0.5) is 0 Å². The SMILES string of the molecule is O=c1cc(/C=C/c2ccccc2)n(-c2cccc(-c3ccccc3)c2)cc1O. The van der Waals surface area contributed by atoms with Gasteiger partial charge in [-0.25, -0.2) is 0 Å². The van der Waals surface area contributed by atoms with Gasteiger partial charge in [-0.3, -0.25) is 4.79 Å². The first-order valence-corrected chi connectivity index (χ1v) is 9.05. The second kappa shape index (κ2) is 7.80. The minimum absolute atomic E-state index is 0.276. The van der Waals surface area contributed by atoms with Crippen LogP contribution in [0.5, 0.6) is 5.75 Å². The molecule has 0 bridgehead atoms. The molecule has 0 aliphatic rings. The molecule has 0 saturated carbocycles. The molecule has 0 saturated heterocycles. The highest BCUT2D eigenvalue weighted by molar-refractivity contribution is 5.70. The van der Waals surface area contributed by atoms with Crippen LogP contribution in [0.25, 0.3) is 29.0 Å². The number of rotatable bonds is 4. The second-order valence-electron chi connectivity index (χ2n) is 6.48. The summed E-state index contributed by atoms with van der Waals surface area (Å²) in [4.78, 5) is 12.0. The van der Waals surface area contributed by atoms with Crippen LogP contribution < -0.4 is 5.43 Å². The highest BCUT2D eigenvalue weighted by atomic mass is 16.3. The quantitative estimate of drug-likeness (QED) is 0.527. The van der Waals surface area contributed by atoms with Gasteiger partial charge in [0.1, 0.15) is 0 Å². The zero-order valence-corrected chi connectivity index (χ0v) is 15.2. The summed E-state index contributed by atoms with van der Waals surface area (Å²) in [7, 11) is 0. The Kier molecular flexibility index (Phi) is 4.89. The molecular formula is C25H19NO2. The van der Waals surface area contributed by atoms with Crippen molar-refractivity contribution < 1.29 is 5.11 Å². The molecule has 0 spiro atoms. The summed E-state index contributed by atoms with van der Waals surface area (Å²) in [5.74, 6) is -0.276. The van der Waals surface area contributed by atoms with Gasteiger partial charge in [0, 0.05) is 17.4 Å². The molecule has 28 heavy (non-hydrogen) atoms. The lowest BCUT2D eigenvalue weighted by Gasteiger charge is -2.13. The van der Waals surface area contributed by atoms with E-state index in [9.17, 15) is 9.90 Å². The van der Waals surface area contributed by atoms with Crippen molar-refractivity contribution in [3.63, 3.8) is 0 Å². The maximum absolute atomic E-state index is 12.0. The van der Waals surface area contributed by atoms with Gasteiger partial charge in [-0.1, -0.05) is 78.9 Å². The second-order valence-corrected chi connectivity index (χ2v) is 6.48. The lowest BCUT2D eigenvalue weighted by Crippen LogP contribution is -2.08. The molecule has 136 valence electrons. The van der Waals surface area contributed by atoms with Gasteiger partial charge in [0.15, 0.2) is 5.75 Å². The Bertz CT molecular complexity index is 1180. The summed E-state index contributed by atoms with van der Waals surface area (Å²) in [6.07, 6.45) is 5.30. The van der Waals surface area contributed by atoms with Gasteiger partial charge in [-0.15, -0.1) is 0 Å². The van der Waals surface area contributed by atoms with Gasteiger partial charge in [-0.2, -0.15) is 0 Å². The summed E-state index contributed by atoms with van der Waals surface area (Å²) < 4.78 is 1.82. The van der Waals surface area contributed by atoms with E-state index in [1.165, 1.54) is 12.3 Å². The Morgan fingerprint density at radius 3 is 2.14 bits per heavy atom. The molecular weight excluding hydrogens is 346 g/mol. The minimum atomic E-state index is -0.400. The number of aromatic nitrogens is 1. The Labute approximate surface area is 163 Å². The molecule has 0 amide bonds. The minimum Gasteiger partial charge on any atom is -0.503 e. The molecule has 3 nitrogen and oxygen atoms in total. The van der Waals surface area contributed by atoms with Crippen molar-refractivity contribution in [3.05, 3.63) is 119 Å². The van der Waals surface area contributed by atoms with Gasteiger partial charge in [0.25, 0.3) is 0 Å². The standard InChI is InChI=1S/C25H19NO2/c27-24-17-23(15-14-19-8-3-1-4-9-19)26(18-25(24)28)22-13-7-12-21(16-22)20-10-5-2-6-11-20/h1-18,28H/b15-14+. The van der Waals surface area contributed by atoms with Crippen molar-refractivity contribution in [2.75, 3.05) is 0 Å². The highest BCUT2D eigenvalue weighted by Crippen LogP contribution is 2.23. The first-order chi connectivity index (χ1) is 13.7. The summed E-state index contributed by atoms with van der Waals surface area (Å²) >= 11 is 0. The first-order valence-electron chi connectivity index (χ1n) is 9.05. The highest BCUT2D eigenvalue weighted by Gasteiger charge is 2.07. The van der Waals surface area contributed by atoms with Crippen LogP contribution in [-0.2, 0) is 0 Å². The largest absolute Gasteiger partial charge is 0.503 e. The number of hydrogen-bond donors (Lipinski definition) is 1. The molecule has 0 aliphatic heterocycles. The average Bonchev–Trinajstić information content (AvgIpc) is 2.76. The first kappa shape index (κ1) is 17.6. The fourth-order valence-electron chi connectivity index (χ4n) is 3.10. The van der Waals surface area contributed by atoms with Crippen molar-refractivity contribution in [2.24, 2.45) is 0 Å². The predicted octanol–water partition coefficient (Wildman–Crippen LogP) is 5.38. The molecule has 0 radical (unpaired) electrons. The third-order valence-electron chi connectivity index (χ3n) is 4.54.